The average Bonchev–Trinajstić information content (AvgIpc) is 2.26. The van der Waals surface area contributed by atoms with E-state index in [1.807, 2.05) is 0 Å². The molecule has 16 heavy (non-hydrogen) atoms. The molecule has 0 heterocycles. The Morgan fingerprint density at radius 1 is 1.12 bits per heavy atom. The van der Waals surface area contributed by atoms with Crippen molar-refractivity contribution in [2.24, 2.45) is 0 Å². The van der Waals surface area contributed by atoms with Gasteiger partial charge in [0.1, 0.15) is 0 Å². The highest BCUT2D eigenvalue weighted by atomic mass is 32.2. The van der Waals surface area contributed by atoms with Gasteiger partial charge in [-0.05, 0) is 24.3 Å². The first kappa shape index (κ1) is 12.4. The maximum Gasteiger partial charge on any atom is 0.335 e. The Labute approximate surface area is 94.2 Å². The Kier molecular flexibility index (Phi) is 4.19. The molecule has 1 rings (SSSR count). The zero-order valence-electron chi connectivity index (χ0n) is 8.25. The molecule has 1 aromatic carbocycles. The van der Waals surface area contributed by atoms with Gasteiger partial charge < -0.3 is 10.2 Å². The van der Waals surface area contributed by atoms with Crippen molar-refractivity contribution in [1.29, 1.82) is 0 Å². The van der Waals surface area contributed by atoms with E-state index in [1.54, 1.807) is 0 Å². The summed E-state index contributed by atoms with van der Waals surface area (Å²) >= 11 is 0. The molecule has 0 saturated heterocycles. The monoisotopic (exact) mass is 242 g/mol. The lowest BCUT2D eigenvalue weighted by Crippen LogP contribution is -2.05. The fourth-order valence-electron chi connectivity index (χ4n) is 1.05. The molecule has 0 radical (unpaired) electrons. The second-order valence-corrected chi connectivity index (χ2v) is 4.59. The maximum atomic E-state index is 11.5. The van der Waals surface area contributed by atoms with Crippen LogP contribution in [0.5, 0.6) is 0 Å². The number of aromatic carboxylic acids is 1. The number of hydrogen-bond donors (Lipinski definition) is 2. The summed E-state index contributed by atoms with van der Waals surface area (Å²) in [5, 5.41) is 17.1. The first-order valence-corrected chi connectivity index (χ1v) is 5.76. The van der Waals surface area contributed by atoms with Crippen molar-refractivity contribution in [1.82, 2.24) is 0 Å². The second kappa shape index (κ2) is 5.41. The predicted molar refractivity (Wildman–Crippen MR) is 56.9 cm³/mol. The molecule has 2 N–H and O–H groups in total. The van der Waals surface area contributed by atoms with Crippen LogP contribution in [0.2, 0.25) is 0 Å². The molecule has 0 aromatic heterocycles. The minimum Gasteiger partial charge on any atom is -0.481 e. The third-order valence-electron chi connectivity index (χ3n) is 1.87. The Morgan fingerprint density at radius 3 is 2.12 bits per heavy atom. The summed E-state index contributed by atoms with van der Waals surface area (Å²) in [4.78, 5) is 21.2. The van der Waals surface area contributed by atoms with Gasteiger partial charge in [0.2, 0.25) is 0 Å². The molecule has 0 saturated carbocycles. The number of carbonyl (C=O) groups is 2. The second-order valence-electron chi connectivity index (χ2n) is 3.02. The largest absolute Gasteiger partial charge is 0.481 e. The topological polar surface area (TPSA) is 91.7 Å². The van der Waals surface area contributed by atoms with Gasteiger partial charge in [0.05, 0.1) is 22.8 Å². The third kappa shape index (κ3) is 3.47. The molecule has 0 spiro atoms. The van der Waals surface area contributed by atoms with Crippen molar-refractivity contribution in [3.8, 4) is 0 Å². The van der Waals surface area contributed by atoms with E-state index >= 15 is 0 Å². The zero-order chi connectivity index (χ0) is 12.1. The van der Waals surface area contributed by atoms with Gasteiger partial charge in [0, 0.05) is 10.6 Å². The van der Waals surface area contributed by atoms with E-state index in [2.05, 4.69) is 0 Å². The fourth-order valence-corrected chi connectivity index (χ4v) is 2.08. The van der Waals surface area contributed by atoms with Crippen molar-refractivity contribution < 1.29 is 24.0 Å². The molecule has 86 valence electrons. The molecule has 0 aliphatic carbocycles. The predicted octanol–water partition coefficient (Wildman–Crippen LogP) is 0.967. The number of benzene rings is 1. The summed E-state index contributed by atoms with van der Waals surface area (Å²) in [5.41, 5.74) is 0.110. The normalized spacial score (nSPS) is 12.0. The first-order chi connectivity index (χ1) is 7.50. The minimum absolute atomic E-state index is 0.0295. The Morgan fingerprint density at radius 2 is 1.69 bits per heavy atom. The van der Waals surface area contributed by atoms with Crippen LogP contribution in [0.3, 0.4) is 0 Å². The van der Waals surface area contributed by atoms with Crippen molar-refractivity contribution in [2.75, 3.05) is 5.75 Å². The summed E-state index contributed by atoms with van der Waals surface area (Å²) in [6.07, 6.45) is -0.173. The van der Waals surface area contributed by atoms with Crippen LogP contribution in [0, 0.1) is 0 Å². The molecule has 0 aliphatic heterocycles. The number of carboxylic acid groups (broad SMARTS) is 2. The summed E-state index contributed by atoms with van der Waals surface area (Å²) in [6.45, 7) is 0. The molecule has 0 bridgehead atoms. The number of hydrogen-bond acceptors (Lipinski definition) is 3. The van der Waals surface area contributed by atoms with Gasteiger partial charge in [-0.2, -0.15) is 0 Å². The van der Waals surface area contributed by atoms with Gasteiger partial charge in [-0.15, -0.1) is 0 Å². The molecule has 1 atom stereocenters. The van der Waals surface area contributed by atoms with Crippen LogP contribution in [0.4, 0.5) is 0 Å². The van der Waals surface area contributed by atoms with E-state index in [1.165, 1.54) is 24.3 Å². The standard InChI is InChI=1S/C10H10O5S/c11-9(12)5-6-16(15)8-3-1-7(2-4-8)10(13)14/h1-4H,5-6H2,(H,11,12)(H,13,14). The van der Waals surface area contributed by atoms with Crippen molar-refractivity contribution in [2.45, 2.75) is 11.3 Å². The Hall–Kier alpha value is -1.69. The van der Waals surface area contributed by atoms with Gasteiger partial charge in [-0.1, -0.05) is 0 Å². The van der Waals surface area contributed by atoms with Gasteiger partial charge in [0.15, 0.2) is 0 Å². The Bertz CT molecular complexity index is 423. The molecule has 6 heteroatoms. The van der Waals surface area contributed by atoms with Crippen LogP contribution < -0.4 is 0 Å². The smallest absolute Gasteiger partial charge is 0.335 e. The number of carboxylic acids is 2. The third-order valence-corrected chi connectivity index (χ3v) is 3.24. The first-order valence-electron chi connectivity index (χ1n) is 4.44. The number of aliphatic carboxylic acids is 1. The van der Waals surface area contributed by atoms with E-state index in [0.717, 1.165) is 0 Å². The van der Waals surface area contributed by atoms with E-state index in [9.17, 15) is 13.8 Å². The van der Waals surface area contributed by atoms with E-state index in [4.69, 9.17) is 10.2 Å². The zero-order valence-corrected chi connectivity index (χ0v) is 9.07. The molecule has 0 aliphatic rings. The van der Waals surface area contributed by atoms with Crippen LogP contribution in [-0.2, 0) is 15.6 Å². The van der Waals surface area contributed by atoms with Crippen LogP contribution in [0.25, 0.3) is 0 Å². The summed E-state index contributed by atoms with van der Waals surface area (Å²) in [6, 6.07) is 5.55. The highest BCUT2D eigenvalue weighted by molar-refractivity contribution is 7.85. The lowest BCUT2D eigenvalue weighted by molar-refractivity contribution is -0.136. The lowest BCUT2D eigenvalue weighted by atomic mass is 10.2. The lowest BCUT2D eigenvalue weighted by Gasteiger charge is -2.00. The average molecular weight is 242 g/mol. The van der Waals surface area contributed by atoms with E-state index in [0.29, 0.717) is 4.90 Å². The molecule has 1 unspecified atom stereocenters. The van der Waals surface area contributed by atoms with E-state index in [-0.39, 0.29) is 17.7 Å². The van der Waals surface area contributed by atoms with Gasteiger partial charge in [0.25, 0.3) is 0 Å². The summed E-state index contributed by atoms with van der Waals surface area (Å²) in [7, 11) is -1.40. The van der Waals surface area contributed by atoms with Crippen molar-refractivity contribution in [3.63, 3.8) is 0 Å². The van der Waals surface area contributed by atoms with Crippen LogP contribution in [0.1, 0.15) is 16.8 Å². The molecule has 0 fully saturated rings. The van der Waals surface area contributed by atoms with Gasteiger partial charge in [-0.3, -0.25) is 9.00 Å². The molecule has 0 amide bonds. The van der Waals surface area contributed by atoms with Crippen LogP contribution in [0.15, 0.2) is 29.2 Å². The fraction of sp³-hybridized carbons (Fsp3) is 0.200. The highest BCUT2D eigenvalue weighted by Crippen LogP contribution is 2.09. The SMILES string of the molecule is O=C(O)CCS(=O)c1ccc(C(=O)O)cc1. The minimum atomic E-state index is -1.40. The quantitative estimate of drug-likeness (QED) is 0.802. The summed E-state index contributed by atoms with van der Waals surface area (Å²) in [5.74, 6) is -2.03. The molecular formula is C10H10O5S. The Balaban J connectivity index is 2.70. The molecule has 1 aromatic rings. The molecule has 5 nitrogen and oxygen atoms in total. The van der Waals surface area contributed by atoms with Gasteiger partial charge >= 0.3 is 11.9 Å². The van der Waals surface area contributed by atoms with Crippen LogP contribution in [-0.4, -0.2) is 32.1 Å². The van der Waals surface area contributed by atoms with Crippen molar-refractivity contribution >= 4 is 22.7 Å². The van der Waals surface area contributed by atoms with E-state index < -0.39 is 22.7 Å². The maximum absolute atomic E-state index is 11.5. The van der Waals surface area contributed by atoms with Crippen molar-refractivity contribution in [3.05, 3.63) is 29.8 Å². The van der Waals surface area contributed by atoms with Crippen LogP contribution >= 0.6 is 0 Å². The number of rotatable bonds is 5. The highest BCUT2D eigenvalue weighted by Gasteiger charge is 2.08. The van der Waals surface area contributed by atoms with Gasteiger partial charge in [-0.25, -0.2) is 4.79 Å². The summed E-state index contributed by atoms with van der Waals surface area (Å²) < 4.78 is 11.5. The molecular weight excluding hydrogens is 232 g/mol.